The van der Waals surface area contributed by atoms with E-state index in [4.69, 9.17) is 4.74 Å². The minimum absolute atomic E-state index is 0.247. The fraction of sp³-hybridized carbons (Fsp3) is 0.333. The number of esters is 1. The first-order chi connectivity index (χ1) is 7.54. The highest BCUT2D eigenvalue weighted by molar-refractivity contribution is 5.92. The van der Waals surface area contributed by atoms with E-state index in [0.717, 1.165) is 11.1 Å². The van der Waals surface area contributed by atoms with Crippen molar-refractivity contribution in [3.05, 3.63) is 34.9 Å². The van der Waals surface area contributed by atoms with Crippen molar-refractivity contribution in [3.8, 4) is 0 Å². The molecule has 0 aliphatic rings. The summed E-state index contributed by atoms with van der Waals surface area (Å²) in [7, 11) is 1.49. The Bertz CT molecular complexity index is 413. The Labute approximate surface area is 94.6 Å². The Balaban J connectivity index is 2.70. The standard InChI is InChI=1S/C12H15NO3/c1-8-4-5-10(9(2)6-8)12(15)16-7-11(14)13-3/h4-6H,7H2,1-3H3,(H,13,14). The van der Waals surface area contributed by atoms with Gasteiger partial charge in [-0.15, -0.1) is 0 Å². The predicted octanol–water partition coefficient (Wildman–Crippen LogP) is 1.21. The molecular weight excluding hydrogens is 206 g/mol. The maximum Gasteiger partial charge on any atom is 0.338 e. The minimum atomic E-state index is -0.471. The molecular formula is C12H15NO3. The van der Waals surface area contributed by atoms with Crippen molar-refractivity contribution in [1.82, 2.24) is 5.32 Å². The van der Waals surface area contributed by atoms with Gasteiger partial charge in [0.25, 0.3) is 5.91 Å². The molecule has 4 heteroatoms. The molecule has 1 aromatic rings. The highest BCUT2D eigenvalue weighted by atomic mass is 16.5. The van der Waals surface area contributed by atoms with E-state index in [1.807, 2.05) is 26.0 Å². The van der Waals surface area contributed by atoms with Crippen molar-refractivity contribution in [2.75, 3.05) is 13.7 Å². The summed E-state index contributed by atoms with van der Waals surface area (Å²) >= 11 is 0. The van der Waals surface area contributed by atoms with Gasteiger partial charge in [0.15, 0.2) is 6.61 Å². The molecule has 1 amide bonds. The summed E-state index contributed by atoms with van der Waals surface area (Å²) in [6.07, 6.45) is 0. The van der Waals surface area contributed by atoms with Gasteiger partial charge in [-0.3, -0.25) is 4.79 Å². The zero-order valence-electron chi connectivity index (χ0n) is 9.66. The lowest BCUT2D eigenvalue weighted by atomic mass is 10.1. The summed E-state index contributed by atoms with van der Waals surface area (Å²) in [5, 5.41) is 2.38. The third-order valence-electron chi connectivity index (χ3n) is 2.22. The number of likely N-dealkylation sites (N-methyl/N-ethyl adjacent to an activating group) is 1. The van der Waals surface area contributed by atoms with Gasteiger partial charge in [0.2, 0.25) is 0 Å². The summed E-state index contributed by atoms with van der Waals surface area (Å²) in [5.74, 6) is -0.792. The van der Waals surface area contributed by atoms with E-state index in [9.17, 15) is 9.59 Å². The van der Waals surface area contributed by atoms with Crippen LogP contribution in [0, 0.1) is 13.8 Å². The van der Waals surface area contributed by atoms with Crippen molar-refractivity contribution in [3.63, 3.8) is 0 Å². The maximum atomic E-state index is 11.6. The van der Waals surface area contributed by atoms with Crippen molar-refractivity contribution in [2.24, 2.45) is 0 Å². The van der Waals surface area contributed by atoms with Crippen LogP contribution in [0.15, 0.2) is 18.2 Å². The van der Waals surface area contributed by atoms with Crippen molar-refractivity contribution in [1.29, 1.82) is 0 Å². The lowest BCUT2D eigenvalue weighted by molar-refractivity contribution is -0.123. The largest absolute Gasteiger partial charge is 0.452 e. The van der Waals surface area contributed by atoms with Gasteiger partial charge in [0.1, 0.15) is 0 Å². The predicted molar refractivity (Wildman–Crippen MR) is 60.3 cm³/mol. The van der Waals surface area contributed by atoms with Crippen LogP contribution in [0.5, 0.6) is 0 Å². The lowest BCUT2D eigenvalue weighted by Crippen LogP contribution is -2.25. The minimum Gasteiger partial charge on any atom is -0.452 e. The van der Waals surface area contributed by atoms with Crippen molar-refractivity contribution < 1.29 is 14.3 Å². The molecule has 0 radical (unpaired) electrons. The second kappa shape index (κ2) is 5.30. The quantitative estimate of drug-likeness (QED) is 0.780. The molecule has 16 heavy (non-hydrogen) atoms. The van der Waals surface area contributed by atoms with Gasteiger partial charge in [-0.2, -0.15) is 0 Å². The van der Waals surface area contributed by atoms with E-state index in [2.05, 4.69) is 5.32 Å². The Kier molecular flexibility index (Phi) is 4.05. The van der Waals surface area contributed by atoms with Gasteiger partial charge < -0.3 is 10.1 Å². The van der Waals surface area contributed by atoms with Gasteiger partial charge in [-0.25, -0.2) is 4.79 Å². The van der Waals surface area contributed by atoms with E-state index < -0.39 is 5.97 Å². The zero-order chi connectivity index (χ0) is 12.1. The topological polar surface area (TPSA) is 55.4 Å². The molecule has 0 spiro atoms. The number of amides is 1. The summed E-state index contributed by atoms with van der Waals surface area (Å²) < 4.78 is 4.85. The summed E-state index contributed by atoms with van der Waals surface area (Å²) in [6, 6.07) is 5.44. The number of ether oxygens (including phenoxy) is 1. The number of carbonyl (C=O) groups excluding carboxylic acids is 2. The van der Waals surface area contributed by atoms with E-state index >= 15 is 0 Å². The number of aryl methyl sites for hydroxylation is 2. The second-order valence-electron chi connectivity index (χ2n) is 3.57. The van der Waals surface area contributed by atoms with Gasteiger partial charge in [-0.05, 0) is 25.5 Å². The molecule has 0 heterocycles. The Morgan fingerprint density at radius 1 is 1.31 bits per heavy atom. The molecule has 0 saturated carbocycles. The van der Waals surface area contributed by atoms with Crippen molar-refractivity contribution in [2.45, 2.75) is 13.8 Å². The number of carbonyl (C=O) groups is 2. The smallest absolute Gasteiger partial charge is 0.338 e. The van der Waals surface area contributed by atoms with E-state index in [1.54, 1.807) is 6.07 Å². The van der Waals surface area contributed by atoms with Crippen LogP contribution in [-0.4, -0.2) is 25.5 Å². The average molecular weight is 221 g/mol. The Morgan fingerprint density at radius 3 is 2.56 bits per heavy atom. The third kappa shape index (κ3) is 3.08. The van der Waals surface area contributed by atoms with E-state index in [1.165, 1.54) is 7.05 Å². The zero-order valence-corrected chi connectivity index (χ0v) is 9.66. The normalized spacial score (nSPS) is 9.69. The van der Waals surface area contributed by atoms with Crippen LogP contribution in [0.3, 0.4) is 0 Å². The molecule has 1 aromatic carbocycles. The van der Waals surface area contributed by atoms with Gasteiger partial charge in [-0.1, -0.05) is 17.7 Å². The van der Waals surface area contributed by atoms with Crippen LogP contribution >= 0.6 is 0 Å². The molecule has 86 valence electrons. The number of nitrogens with one attached hydrogen (secondary N) is 1. The molecule has 0 saturated heterocycles. The number of hydrogen-bond acceptors (Lipinski definition) is 3. The highest BCUT2D eigenvalue weighted by Gasteiger charge is 2.11. The van der Waals surface area contributed by atoms with Gasteiger partial charge in [0.05, 0.1) is 5.56 Å². The number of hydrogen-bond donors (Lipinski definition) is 1. The molecule has 0 aliphatic heterocycles. The second-order valence-corrected chi connectivity index (χ2v) is 3.57. The molecule has 4 nitrogen and oxygen atoms in total. The molecule has 0 atom stereocenters. The van der Waals surface area contributed by atoms with E-state index in [-0.39, 0.29) is 12.5 Å². The highest BCUT2D eigenvalue weighted by Crippen LogP contribution is 2.11. The molecule has 1 N–H and O–H groups in total. The monoisotopic (exact) mass is 221 g/mol. The first-order valence-corrected chi connectivity index (χ1v) is 4.99. The first-order valence-electron chi connectivity index (χ1n) is 4.99. The van der Waals surface area contributed by atoms with Crippen molar-refractivity contribution >= 4 is 11.9 Å². The first kappa shape index (κ1) is 12.2. The van der Waals surface area contributed by atoms with Gasteiger partial charge >= 0.3 is 5.97 Å². The molecule has 0 fully saturated rings. The van der Waals surface area contributed by atoms with E-state index in [0.29, 0.717) is 5.56 Å². The maximum absolute atomic E-state index is 11.6. The summed E-state index contributed by atoms with van der Waals surface area (Å²) in [6.45, 7) is 3.54. The molecule has 0 bridgehead atoms. The van der Waals surface area contributed by atoms with Crippen LogP contribution in [0.1, 0.15) is 21.5 Å². The number of rotatable bonds is 3. The van der Waals surface area contributed by atoms with Crippen LogP contribution in [0.4, 0.5) is 0 Å². The van der Waals surface area contributed by atoms with Crippen LogP contribution < -0.4 is 5.32 Å². The van der Waals surface area contributed by atoms with Gasteiger partial charge in [0, 0.05) is 7.05 Å². The summed E-state index contributed by atoms with van der Waals surface area (Å²) in [4.78, 5) is 22.5. The summed E-state index contributed by atoms with van der Waals surface area (Å²) in [5.41, 5.74) is 2.43. The van der Waals surface area contributed by atoms with Crippen LogP contribution in [0.25, 0.3) is 0 Å². The fourth-order valence-corrected chi connectivity index (χ4v) is 1.32. The SMILES string of the molecule is CNC(=O)COC(=O)c1ccc(C)cc1C. The fourth-order valence-electron chi connectivity index (χ4n) is 1.32. The van der Waals surface area contributed by atoms with Crippen LogP contribution in [-0.2, 0) is 9.53 Å². The average Bonchev–Trinajstić information content (AvgIpc) is 2.25. The molecule has 0 aromatic heterocycles. The molecule has 1 rings (SSSR count). The third-order valence-corrected chi connectivity index (χ3v) is 2.22. The van der Waals surface area contributed by atoms with Crippen LogP contribution in [0.2, 0.25) is 0 Å². The Hall–Kier alpha value is -1.84. The number of benzene rings is 1. The Morgan fingerprint density at radius 2 is 2.00 bits per heavy atom. The molecule has 0 aliphatic carbocycles. The lowest BCUT2D eigenvalue weighted by Gasteiger charge is -2.06. The molecule has 0 unspecified atom stereocenters.